The Morgan fingerprint density at radius 3 is 2.23 bits per heavy atom. The molecule has 2 aromatic rings. The van der Waals surface area contributed by atoms with Gasteiger partial charge in [-0.25, -0.2) is 13.0 Å². The molecule has 0 amide bonds. The number of hydrogen-bond acceptors (Lipinski definition) is 3. The van der Waals surface area contributed by atoms with Gasteiger partial charge in [-0.3, -0.25) is 0 Å². The summed E-state index contributed by atoms with van der Waals surface area (Å²) in [6.45, 7) is 4.83. The second-order valence-electron chi connectivity index (χ2n) is 7.29. The lowest BCUT2D eigenvalue weighted by Crippen LogP contribution is -2.33. The Morgan fingerprint density at radius 1 is 1.03 bits per heavy atom. The number of ether oxygens (including phenoxy) is 2. The summed E-state index contributed by atoms with van der Waals surface area (Å²) in [5.41, 5.74) is -0.254. The Balaban J connectivity index is 2.67. The zero-order valence-corrected chi connectivity index (χ0v) is 17.7. The van der Waals surface area contributed by atoms with Crippen molar-refractivity contribution in [1.29, 1.82) is 0 Å². The van der Waals surface area contributed by atoms with E-state index in [-0.39, 0.29) is 22.6 Å². The van der Waals surface area contributed by atoms with Crippen molar-refractivity contribution >= 4 is 16.7 Å². The van der Waals surface area contributed by atoms with E-state index in [1.54, 1.807) is 20.8 Å². The van der Waals surface area contributed by atoms with Gasteiger partial charge in [0.2, 0.25) is 0 Å². The summed E-state index contributed by atoms with van der Waals surface area (Å²) in [6.07, 6.45) is -9.02. The number of alkyl halides is 4. The molecule has 2 aromatic carbocycles. The van der Waals surface area contributed by atoms with Crippen LogP contribution in [0, 0.1) is 11.6 Å². The molecule has 0 saturated heterocycles. The van der Waals surface area contributed by atoms with Crippen LogP contribution in [0.25, 0.3) is 0 Å². The summed E-state index contributed by atoms with van der Waals surface area (Å²) >= 11 is 0. The monoisotopic (exact) mass is 467 g/mol. The predicted molar refractivity (Wildman–Crippen MR) is 104 cm³/mol. The summed E-state index contributed by atoms with van der Waals surface area (Å²) in [6, 6.07) is 5.63. The fourth-order valence-corrected chi connectivity index (χ4v) is 2.91. The molecular weight excluding hydrogens is 448 g/mol. The van der Waals surface area contributed by atoms with E-state index in [1.165, 1.54) is 19.2 Å². The van der Waals surface area contributed by atoms with Crippen molar-refractivity contribution in [3.8, 4) is 11.5 Å². The van der Waals surface area contributed by atoms with Crippen LogP contribution in [0.15, 0.2) is 40.8 Å². The Morgan fingerprint density at radius 2 is 1.68 bits per heavy atom. The lowest BCUT2D eigenvalue weighted by molar-refractivity contribution is -0.253. The van der Waals surface area contributed by atoms with Crippen molar-refractivity contribution in [2.45, 2.75) is 38.1 Å². The number of halogens is 6. The molecule has 0 N–H and O–H groups in total. The van der Waals surface area contributed by atoms with Gasteiger partial charge in [0.05, 0.1) is 17.6 Å². The van der Waals surface area contributed by atoms with E-state index >= 15 is 0 Å². The maximum Gasteiger partial charge on any atom is 0.461 e. The van der Waals surface area contributed by atoms with Crippen LogP contribution in [0.5, 0.6) is 11.5 Å². The number of rotatable bonds is 7. The first kappa shape index (κ1) is 24.7. The molecule has 0 aliphatic carbocycles. The summed E-state index contributed by atoms with van der Waals surface area (Å²) in [5.74, 6) is -2.92. The Labute approximate surface area is 177 Å². The highest BCUT2D eigenvalue weighted by molar-refractivity contribution is 7.85. The molecule has 1 unspecified atom stereocenters. The lowest BCUT2D eigenvalue weighted by Gasteiger charge is -2.19. The van der Waals surface area contributed by atoms with Crippen LogP contribution in [0.2, 0.25) is 0 Å². The van der Waals surface area contributed by atoms with Crippen LogP contribution in [0.1, 0.15) is 31.9 Å². The Kier molecular flexibility index (Phi) is 7.40. The molecule has 0 saturated carbocycles. The van der Waals surface area contributed by atoms with Crippen LogP contribution in [-0.4, -0.2) is 34.3 Å². The van der Waals surface area contributed by atoms with Crippen molar-refractivity contribution in [3.63, 3.8) is 0 Å². The molecule has 0 bridgehead atoms. The number of nitrogens with zero attached hydrogens (tertiary/aromatic N) is 1. The molecule has 11 heteroatoms. The molecule has 0 radical (unpaired) electrons. The molecule has 0 spiro atoms. The predicted octanol–water partition coefficient (Wildman–Crippen LogP) is 5.51. The first-order chi connectivity index (χ1) is 14.2. The van der Waals surface area contributed by atoms with Gasteiger partial charge in [0.15, 0.2) is 11.6 Å². The number of hydrogen-bond donors (Lipinski definition) is 0. The molecule has 170 valence electrons. The Bertz CT molecular complexity index is 1000. The van der Waals surface area contributed by atoms with Gasteiger partial charge in [0, 0.05) is 17.2 Å². The molecule has 1 atom stereocenters. The first-order valence-corrected chi connectivity index (χ1v) is 9.86. The standard InChI is InChI=1S/C20H19F6NO3S/c1-19(2,3)31(28)27-17(11-5-6-15(22)16(9-11)29-4)12-7-13(21)10-14(8-12)30-20(25,26)18(23)24/h5-10,18H,1-4H3. The average molecular weight is 467 g/mol. The maximum absolute atomic E-state index is 14.1. The van der Waals surface area contributed by atoms with Crippen molar-refractivity contribution in [1.82, 2.24) is 0 Å². The normalized spacial score (nSPS) is 14.0. The molecule has 31 heavy (non-hydrogen) atoms. The van der Waals surface area contributed by atoms with Crippen LogP contribution >= 0.6 is 0 Å². The second-order valence-corrected chi connectivity index (χ2v) is 9.20. The van der Waals surface area contributed by atoms with E-state index < -0.39 is 45.7 Å². The number of methoxy groups -OCH3 is 1. The highest BCUT2D eigenvalue weighted by atomic mass is 32.2. The lowest BCUT2D eigenvalue weighted by atomic mass is 10.0. The fourth-order valence-electron chi connectivity index (χ4n) is 2.26. The van der Waals surface area contributed by atoms with Crippen LogP contribution in [0.3, 0.4) is 0 Å². The van der Waals surface area contributed by atoms with E-state index in [0.29, 0.717) is 6.07 Å². The van der Waals surface area contributed by atoms with Gasteiger partial charge in [-0.05, 0) is 51.1 Å². The van der Waals surface area contributed by atoms with Gasteiger partial charge in [-0.15, -0.1) is 0 Å². The van der Waals surface area contributed by atoms with Gasteiger partial charge in [0.25, 0.3) is 0 Å². The van der Waals surface area contributed by atoms with E-state index in [2.05, 4.69) is 9.13 Å². The van der Waals surface area contributed by atoms with Gasteiger partial charge in [-0.2, -0.15) is 22.0 Å². The SMILES string of the molecule is COc1cc(C(=NS(=O)C(C)(C)C)c2cc(F)cc(OC(F)(F)C(F)F)c2)ccc1F. The average Bonchev–Trinajstić information content (AvgIpc) is 2.64. The van der Waals surface area contributed by atoms with E-state index in [0.717, 1.165) is 18.2 Å². The fraction of sp³-hybridized carbons (Fsp3) is 0.350. The molecule has 0 aromatic heterocycles. The molecular formula is C20H19F6NO3S. The largest absolute Gasteiger partial charge is 0.494 e. The Hall–Kier alpha value is -2.56. The third-order valence-electron chi connectivity index (χ3n) is 3.78. The van der Waals surface area contributed by atoms with Gasteiger partial charge >= 0.3 is 12.5 Å². The summed E-state index contributed by atoms with van der Waals surface area (Å²) in [5, 5.41) is 0. The first-order valence-electron chi connectivity index (χ1n) is 8.75. The second kappa shape index (κ2) is 9.29. The molecule has 2 rings (SSSR count). The van der Waals surface area contributed by atoms with Crippen LogP contribution < -0.4 is 9.47 Å². The smallest absolute Gasteiger partial charge is 0.461 e. The summed E-state index contributed by atoms with van der Waals surface area (Å²) in [4.78, 5) is 0. The summed E-state index contributed by atoms with van der Waals surface area (Å²) in [7, 11) is -0.699. The molecule has 0 fully saturated rings. The topological polar surface area (TPSA) is 47.9 Å². The van der Waals surface area contributed by atoms with Gasteiger partial charge in [0.1, 0.15) is 22.6 Å². The highest BCUT2D eigenvalue weighted by Gasteiger charge is 2.44. The molecule has 4 nitrogen and oxygen atoms in total. The quantitative estimate of drug-likeness (QED) is 0.399. The minimum atomic E-state index is -4.87. The number of benzene rings is 2. The molecule has 0 aliphatic rings. The third kappa shape index (κ3) is 6.22. The minimum Gasteiger partial charge on any atom is -0.494 e. The van der Waals surface area contributed by atoms with Crippen molar-refractivity contribution in [3.05, 3.63) is 59.2 Å². The van der Waals surface area contributed by atoms with Crippen molar-refractivity contribution < 1.29 is 40.0 Å². The maximum atomic E-state index is 14.1. The zero-order chi connectivity index (χ0) is 23.6. The molecule has 0 aliphatic heterocycles. The van der Waals surface area contributed by atoms with E-state index in [9.17, 15) is 30.6 Å². The van der Waals surface area contributed by atoms with Crippen molar-refractivity contribution in [2.24, 2.45) is 4.40 Å². The highest BCUT2D eigenvalue weighted by Crippen LogP contribution is 2.30. The minimum absolute atomic E-state index is 0.119. The summed E-state index contributed by atoms with van der Waals surface area (Å²) < 4.78 is 104. The van der Waals surface area contributed by atoms with Gasteiger partial charge in [-0.1, -0.05) is 0 Å². The third-order valence-corrected chi connectivity index (χ3v) is 5.17. The van der Waals surface area contributed by atoms with Crippen LogP contribution in [-0.2, 0) is 11.0 Å². The molecule has 0 heterocycles. The zero-order valence-electron chi connectivity index (χ0n) is 16.9. The van der Waals surface area contributed by atoms with Gasteiger partial charge < -0.3 is 9.47 Å². The van der Waals surface area contributed by atoms with Crippen LogP contribution in [0.4, 0.5) is 26.3 Å². The van der Waals surface area contributed by atoms with Crippen molar-refractivity contribution in [2.75, 3.05) is 7.11 Å². The van der Waals surface area contributed by atoms with E-state index in [4.69, 9.17) is 4.74 Å². The van der Waals surface area contributed by atoms with E-state index in [1.807, 2.05) is 0 Å².